The standard InChI is InChI=1S/C17H24N4O2/c1-11(22)21(12-7-8-12)10-13-4-3-9-20(13)17(23)16-14-5-2-6-15(14)18-19-16/h12-13H,2-10H2,1H3,(H,18,19)/t13-/m1/s1. The number of likely N-dealkylation sites (tertiary alicyclic amines) is 1. The molecule has 3 aliphatic rings. The van der Waals surface area contributed by atoms with Gasteiger partial charge in [-0.25, -0.2) is 0 Å². The van der Waals surface area contributed by atoms with Crippen LogP contribution in [0.5, 0.6) is 0 Å². The van der Waals surface area contributed by atoms with Gasteiger partial charge in [-0.2, -0.15) is 5.10 Å². The van der Waals surface area contributed by atoms with E-state index in [-0.39, 0.29) is 17.9 Å². The van der Waals surface area contributed by atoms with Crippen molar-refractivity contribution in [3.05, 3.63) is 17.0 Å². The SMILES string of the molecule is CC(=O)N(C[C@H]1CCCN1C(=O)c1n[nH]c2c1CCC2)C1CC1. The van der Waals surface area contributed by atoms with E-state index in [1.54, 1.807) is 6.92 Å². The van der Waals surface area contributed by atoms with Crippen LogP contribution in [0.15, 0.2) is 0 Å². The Morgan fingerprint density at radius 3 is 2.83 bits per heavy atom. The van der Waals surface area contributed by atoms with Gasteiger partial charge in [-0.1, -0.05) is 0 Å². The van der Waals surface area contributed by atoms with Crippen LogP contribution in [0.2, 0.25) is 0 Å². The summed E-state index contributed by atoms with van der Waals surface area (Å²) in [6, 6.07) is 0.542. The highest BCUT2D eigenvalue weighted by molar-refractivity contribution is 5.94. The lowest BCUT2D eigenvalue weighted by Crippen LogP contribution is -2.45. The number of rotatable bonds is 4. The lowest BCUT2D eigenvalue weighted by atomic mass is 10.1. The molecule has 0 spiro atoms. The third-order valence-corrected chi connectivity index (χ3v) is 5.45. The van der Waals surface area contributed by atoms with Crippen LogP contribution in [-0.4, -0.2) is 57.0 Å². The number of hydrogen-bond donors (Lipinski definition) is 1. The number of fused-ring (bicyclic) bond motifs is 1. The zero-order valence-electron chi connectivity index (χ0n) is 13.7. The van der Waals surface area contributed by atoms with Crippen LogP contribution in [-0.2, 0) is 17.6 Å². The van der Waals surface area contributed by atoms with Gasteiger partial charge in [0.05, 0.1) is 0 Å². The molecule has 23 heavy (non-hydrogen) atoms. The second-order valence-corrected chi connectivity index (χ2v) is 7.08. The number of nitrogens with one attached hydrogen (secondary N) is 1. The molecule has 2 aliphatic carbocycles. The van der Waals surface area contributed by atoms with E-state index < -0.39 is 0 Å². The van der Waals surface area contributed by atoms with Crippen LogP contribution >= 0.6 is 0 Å². The molecule has 0 bridgehead atoms. The largest absolute Gasteiger partial charge is 0.338 e. The Hall–Kier alpha value is -1.85. The average Bonchev–Trinajstić information content (AvgIpc) is 2.95. The van der Waals surface area contributed by atoms with E-state index in [1.807, 2.05) is 9.80 Å². The van der Waals surface area contributed by atoms with Crippen molar-refractivity contribution in [3.63, 3.8) is 0 Å². The van der Waals surface area contributed by atoms with Gasteiger partial charge in [0.15, 0.2) is 5.69 Å². The maximum atomic E-state index is 13.0. The Morgan fingerprint density at radius 2 is 2.09 bits per heavy atom. The van der Waals surface area contributed by atoms with Gasteiger partial charge in [0, 0.05) is 43.4 Å². The van der Waals surface area contributed by atoms with Gasteiger partial charge >= 0.3 is 0 Å². The summed E-state index contributed by atoms with van der Waals surface area (Å²) in [4.78, 5) is 28.7. The molecule has 1 aromatic heterocycles. The molecule has 6 nitrogen and oxygen atoms in total. The number of aryl methyl sites for hydroxylation is 1. The molecule has 0 aromatic carbocycles. The molecular weight excluding hydrogens is 292 g/mol. The van der Waals surface area contributed by atoms with E-state index in [1.165, 1.54) is 0 Å². The molecule has 0 unspecified atom stereocenters. The van der Waals surface area contributed by atoms with Crippen molar-refractivity contribution in [1.82, 2.24) is 20.0 Å². The first-order valence-electron chi connectivity index (χ1n) is 8.79. The third-order valence-electron chi connectivity index (χ3n) is 5.45. The number of carbonyl (C=O) groups excluding carboxylic acids is 2. The smallest absolute Gasteiger partial charge is 0.274 e. The number of carbonyl (C=O) groups is 2. The van der Waals surface area contributed by atoms with Gasteiger partial charge in [0.2, 0.25) is 5.91 Å². The number of amides is 2. The molecule has 6 heteroatoms. The fourth-order valence-corrected chi connectivity index (χ4v) is 4.07. The summed E-state index contributed by atoms with van der Waals surface area (Å²) >= 11 is 0. The van der Waals surface area contributed by atoms with Gasteiger partial charge in [-0.15, -0.1) is 0 Å². The molecule has 124 valence electrons. The topological polar surface area (TPSA) is 69.3 Å². The first-order chi connectivity index (χ1) is 11.1. The quantitative estimate of drug-likeness (QED) is 0.915. The summed E-state index contributed by atoms with van der Waals surface area (Å²) in [5.74, 6) is 0.179. The van der Waals surface area contributed by atoms with E-state index in [2.05, 4.69) is 10.2 Å². The summed E-state index contributed by atoms with van der Waals surface area (Å²) in [5, 5.41) is 7.31. The van der Waals surface area contributed by atoms with Crippen molar-refractivity contribution >= 4 is 11.8 Å². The minimum absolute atomic E-state index is 0.0474. The molecule has 0 radical (unpaired) electrons. The van der Waals surface area contributed by atoms with Gasteiger partial charge in [0.1, 0.15) is 0 Å². The van der Waals surface area contributed by atoms with Crippen molar-refractivity contribution in [1.29, 1.82) is 0 Å². The van der Waals surface area contributed by atoms with Crippen molar-refractivity contribution in [2.45, 2.75) is 64.0 Å². The van der Waals surface area contributed by atoms with Gasteiger partial charge in [-0.3, -0.25) is 14.7 Å². The van der Waals surface area contributed by atoms with Crippen LogP contribution in [0, 0.1) is 0 Å². The van der Waals surface area contributed by atoms with Crippen LogP contribution in [0.1, 0.15) is 60.8 Å². The van der Waals surface area contributed by atoms with Crippen molar-refractivity contribution in [2.24, 2.45) is 0 Å². The van der Waals surface area contributed by atoms with Crippen LogP contribution in [0.4, 0.5) is 0 Å². The summed E-state index contributed by atoms with van der Waals surface area (Å²) < 4.78 is 0. The fourth-order valence-electron chi connectivity index (χ4n) is 4.07. The Kier molecular flexibility index (Phi) is 3.62. The van der Waals surface area contributed by atoms with Crippen LogP contribution in [0.25, 0.3) is 0 Å². The zero-order chi connectivity index (χ0) is 16.0. The van der Waals surface area contributed by atoms with Crippen molar-refractivity contribution < 1.29 is 9.59 Å². The monoisotopic (exact) mass is 316 g/mol. The molecule has 4 rings (SSSR count). The second-order valence-electron chi connectivity index (χ2n) is 7.08. The molecule has 1 saturated heterocycles. The molecule has 1 atom stereocenters. The Morgan fingerprint density at radius 1 is 1.26 bits per heavy atom. The van der Waals surface area contributed by atoms with E-state index in [4.69, 9.17) is 0 Å². The number of aromatic nitrogens is 2. The molecule has 2 amide bonds. The molecule has 1 aliphatic heterocycles. The first-order valence-corrected chi connectivity index (χ1v) is 8.79. The van der Waals surface area contributed by atoms with Gasteiger partial charge in [0.25, 0.3) is 5.91 Å². The summed E-state index contributed by atoms with van der Waals surface area (Å²) in [5.41, 5.74) is 2.86. The third kappa shape index (κ3) is 2.64. The fraction of sp³-hybridized carbons (Fsp3) is 0.706. The van der Waals surface area contributed by atoms with E-state index in [0.717, 1.165) is 62.7 Å². The maximum Gasteiger partial charge on any atom is 0.274 e. The molecular formula is C17H24N4O2. The predicted molar refractivity (Wildman–Crippen MR) is 85.1 cm³/mol. The number of aromatic amines is 1. The van der Waals surface area contributed by atoms with Gasteiger partial charge in [-0.05, 0) is 44.9 Å². The van der Waals surface area contributed by atoms with Crippen molar-refractivity contribution in [2.75, 3.05) is 13.1 Å². The number of nitrogens with zero attached hydrogens (tertiary/aromatic N) is 3. The minimum atomic E-state index is 0.0474. The number of H-pyrrole nitrogens is 1. The van der Waals surface area contributed by atoms with Crippen LogP contribution < -0.4 is 0 Å². The highest BCUT2D eigenvalue weighted by Crippen LogP contribution is 2.30. The second kappa shape index (κ2) is 5.65. The van der Waals surface area contributed by atoms with E-state index in [9.17, 15) is 9.59 Å². The molecule has 2 heterocycles. The Bertz CT molecular complexity index is 635. The summed E-state index contributed by atoms with van der Waals surface area (Å²) in [6.07, 6.45) is 7.26. The highest BCUT2D eigenvalue weighted by atomic mass is 16.2. The van der Waals surface area contributed by atoms with E-state index >= 15 is 0 Å². The lowest BCUT2D eigenvalue weighted by molar-refractivity contribution is -0.130. The first kappa shape index (κ1) is 14.7. The zero-order valence-corrected chi connectivity index (χ0v) is 13.7. The lowest BCUT2D eigenvalue weighted by Gasteiger charge is -2.30. The molecule has 2 fully saturated rings. The summed E-state index contributed by atoms with van der Waals surface area (Å²) in [6.45, 7) is 3.10. The van der Waals surface area contributed by atoms with Crippen LogP contribution in [0.3, 0.4) is 0 Å². The predicted octanol–water partition coefficient (Wildman–Crippen LogP) is 1.51. The highest BCUT2D eigenvalue weighted by Gasteiger charge is 2.38. The molecule has 1 saturated carbocycles. The molecule has 1 aromatic rings. The Labute approximate surface area is 136 Å². The average molecular weight is 316 g/mol. The number of hydrogen-bond acceptors (Lipinski definition) is 3. The Balaban J connectivity index is 1.50. The maximum absolute atomic E-state index is 13.0. The normalized spacial score (nSPS) is 23.2. The minimum Gasteiger partial charge on any atom is -0.338 e. The molecule has 1 N–H and O–H groups in total. The van der Waals surface area contributed by atoms with E-state index in [0.29, 0.717) is 18.3 Å². The van der Waals surface area contributed by atoms with Crippen molar-refractivity contribution in [3.8, 4) is 0 Å². The van der Waals surface area contributed by atoms with Gasteiger partial charge < -0.3 is 9.80 Å². The summed E-state index contributed by atoms with van der Waals surface area (Å²) in [7, 11) is 0.